The number of hydrogen-bond donors (Lipinski definition) is 3. The Balaban J connectivity index is 1.97. The minimum absolute atomic E-state index is 0.0660. The molecule has 0 radical (unpaired) electrons. The van der Waals surface area contributed by atoms with Gasteiger partial charge in [-0.05, 0) is 70.1 Å². The van der Waals surface area contributed by atoms with Crippen LogP contribution >= 0.6 is 39.7 Å². The highest BCUT2D eigenvalue weighted by atomic mass is 79.9. The van der Waals surface area contributed by atoms with Gasteiger partial charge in [0.2, 0.25) is 0 Å². The van der Waals surface area contributed by atoms with E-state index in [1.165, 1.54) is 13.3 Å². The highest BCUT2D eigenvalue weighted by Gasteiger charge is 2.09. The number of nitrogens with two attached hydrogens (primary N) is 1. The third-order valence-corrected chi connectivity index (χ3v) is 4.46. The fourth-order valence-corrected chi connectivity index (χ4v) is 2.45. The first-order valence-corrected chi connectivity index (χ1v) is 9.11. The maximum absolute atomic E-state index is 12.1. The molecule has 7 nitrogen and oxygen atoms in total. The summed E-state index contributed by atoms with van der Waals surface area (Å²) in [4.78, 5) is 12.1. The molecule has 142 valence electrons. The molecule has 0 aliphatic rings. The predicted octanol–water partition coefficient (Wildman–Crippen LogP) is 3.30. The standard InChI is InChI=1S/C17H16BrClN4O3S/c1-25-15-6-10(8-21-23-17(20)27)2-5-14(15)26-9-16(24)22-11-3-4-12(18)13(19)7-11/h2-8H,9H2,1H3,(H,22,24)(H3,20,23,27)/b21-8-. The Morgan fingerprint density at radius 2 is 2.11 bits per heavy atom. The molecule has 1 amide bonds. The number of ether oxygens (including phenoxy) is 2. The van der Waals surface area contributed by atoms with Gasteiger partial charge in [-0.2, -0.15) is 5.10 Å². The Bertz CT molecular complexity index is 879. The molecule has 2 aromatic carbocycles. The molecule has 2 aromatic rings. The maximum Gasteiger partial charge on any atom is 0.262 e. The zero-order chi connectivity index (χ0) is 19.8. The average Bonchev–Trinajstić information content (AvgIpc) is 2.63. The van der Waals surface area contributed by atoms with E-state index in [-0.39, 0.29) is 17.6 Å². The smallest absolute Gasteiger partial charge is 0.262 e. The monoisotopic (exact) mass is 470 g/mol. The van der Waals surface area contributed by atoms with Crippen LogP contribution in [-0.4, -0.2) is 31.0 Å². The summed E-state index contributed by atoms with van der Waals surface area (Å²) < 4.78 is 11.6. The lowest BCUT2D eigenvalue weighted by Crippen LogP contribution is -2.24. The molecule has 0 saturated carbocycles. The minimum Gasteiger partial charge on any atom is -0.493 e. The number of nitrogens with one attached hydrogen (secondary N) is 2. The summed E-state index contributed by atoms with van der Waals surface area (Å²) in [6, 6.07) is 10.2. The van der Waals surface area contributed by atoms with Crippen LogP contribution in [0.2, 0.25) is 5.02 Å². The van der Waals surface area contributed by atoms with E-state index in [1.54, 1.807) is 36.4 Å². The normalized spacial score (nSPS) is 10.5. The second-order valence-corrected chi connectivity index (χ2v) is 6.81. The summed E-state index contributed by atoms with van der Waals surface area (Å²) in [5.41, 5.74) is 9.05. The van der Waals surface area contributed by atoms with E-state index in [0.29, 0.717) is 22.2 Å². The third-order valence-electron chi connectivity index (χ3n) is 3.14. The van der Waals surface area contributed by atoms with Crippen molar-refractivity contribution in [3.05, 3.63) is 51.5 Å². The van der Waals surface area contributed by atoms with Crippen molar-refractivity contribution in [2.45, 2.75) is 0 Å². The number of carbonyl (C=O) groups excluding carboxylic acids is 1. The Morgan fingerprint density at radius 1 is 1.33 bits per heavy atom. The van der Waals surface area contributed by atoms with E-state index in [9.17, 15) is 4.79 Å². The van der Waals surface area contributed by atoms with Gasteiger partial charge in [0.1, 0.15) is 0 Å². The summed E-state index contributed by atoms with van der Waals surface area (Å²) in [5, 5.41) is 7.13. The van der Waals surface area contributed by atoms with Crippen LogP contribution in [0.25, 0.3) is 0 Å². The molecule has 0 bridgehead atoms. The van der Waals surface area contributed by atoms with Crippen molar-refractivity contribution in [3.63, 3.8) is 0 Å². The first kappa shape index (κ1) is 20.9. The van der Waals surface area contributed by atoms with Crippen LogP contribution in [0.3, 0.4) is 0 Å². The fourth-order valence-electron chi connectivity index (χ4n) is 1.97. The van der Waals surface area contributed by atoms with Gasteiger partial charge in [-0.15, -0.1) is 0 Å². The lowest BCUT2D eigenvalue weighted by atomic mass is 10.2. The number of thiocarbonyl (C=S) groups is 1. The molecule has 0 atom stereocenters. The Morgan fingerprint density at radius 3 is 2.78 bits per heavy atom. The molecule has 0 heterocycles. The van der Waals surface area contributed by atoms with E-state index in [4.69, 9.17) is 26.8 Å². The van der Waals surface area contributed by atoms with E-state index in [2.05, 4.69) is 44.0 Å². The molecular formula is C17H16BrClN4O3S. The first-order valence-electron chi connectivity index (χ1n) is 7.53. The lowest BCUT2D eigenvalue weighted by Gasteiger charge is -2.11. The summed E-state index contributed by atoms with van der Waals surface area (Å²) in [5.74, 6) is 0.538. The van der Waals surface area contributed by atoms with Crippen LogP contribution in [0, 0.1) is 0 Å². The quantitative estimate of drug-likeness (QED) is 0.326. The number of hydrazone groups is 1. The fraction of sp³-hybridized carbons (Fsp3) is 0.118. The largest absolute Gasteiger partial charge is 0.493 e. The Labute approximate surface area is 175 Å². The summed E-state index contributed by atoms with van der Waals surface area (Å²) in [6.07, 6.45) is 1.52. The molecule has 0 unspecified atom stereocenters. The number of carbonyl (C=O) groups is 1. The highest BCUT2D eigenvalue weighted by molar-refractivity contribution is 9.10. The zero-order valence-corrected chi connectivity index (χ0v) is 17.3. The van der Waals surface area contributed by atoms with Gasteiger partial charge in [0.15, 0.2) is 23.2 Å². The van der Waals surface area contributed by atoms with Crippen LogP contribution in [0.4, 0.5) is 5.69 Å². The number of amides is 1. The summed E-state index contributed by atoms with van der Waals surface area (Å²) in [7, 11) is 1.50. The van der Waals surface area contributed by atoms with Gasteiger partial charge in [-0.1, -0.05) is 11.6 Å². The van der Waals surface area contributed by atoms with Crippen molar-refractivity contribution in [1.29, 1.82) is 0 Å². The van der Waals surface area contributed by atoms with Crippen molar-refractivity contribution in [2.75, 3.05) is 19.0 Å². The van der Waals surface area contributed by atoms with Gasteiger partial charge >= 0.3 is 0 Å². The SMILES string of the molecule is COc1cc(/C=N\NC(N)=S)ccc1OCC(=O)Nc1ccc(Br)c(Cl)c1. The topological polar surface area (TPSA) is 98.0 Å². The van der Waals surface area contributed by atoms with Gasteiger partial charge in [0.25, 0.3) is 5.91 Å². The minimum atomic E-state index is -0.332. The van der Waals surface area contributed by atoms with E-state index in [1.807, 2.05) is 0 Å². The maximum atomic E-state index is 12.1. The van der Waals surface area contributed by atoms with Crippen molar-refractivity contribution < 1.29 is 14.3 Å². The van der Waals surface area contributed by atoms with Crippen molar-refractivity contribution in [1.82, 2.24) is 5.43 Å². The third kappa shape index (κ3) is 6.70. The van der Waals surface area contributed by atoms with Gasteiger partial charge in [0, 0.05) is 10.2 Å². The van der Waals surface area contributed by atoms with Gasteiger partial charge < -0.3 is 20.5 Å². The second-order valence-electron chi connectivity index (χ2n) is 5.11. The molecule has 10 heteroatoms. The van der Waals surface area contributed by atoms with Crippen molar-refractivity contribution >= 4 is 62.7 Å². The van der Waals surface area contributed by atoms with E-state index in [0.717, 1.165) is 10.0 Å². The first-order chi connectivity index (χ1) is 12.9. The number of methoxy groups -OCH3 is 1. The predicted molar refractivity (Wildman–Crippen MR) is 114 cm³/mol. The van der Waals surface area contributed by atoms with Gasteiger partial charge in [-0.25, -0.2) is 0 Å². The molecule has 0 aliphatic carbocycles. The zero-order valence-electron chi connectivity index (χ0n) is 14.2. The second kappa shape index (κ2) is 10.1. The van der Waals surface area contributed by atoms with Gasteiger partial charge in [0.05, 0.1) is 18.3 Å². The summed E-state index contributed by atoms with van der Waals surface area (Å²) >= 11 is 14.0. The average molecular weight is 472 g/mol. The number of rotatable bonds is 7. The van der Waals surface area contributed by atoms with E-state index < -0.39 is 0 Å². The molecular weight excluding hydrogens is 456 g/mol. The molecule has 2 rings (SSSR count). The van der Waals surface area contributed by atoms with Crippen LogP contribution in [0.5, 0.6) is 11.5 Å². The Kier molecular flexibility index (Phi) is 7.83. The van der Waals surface area contributed by atoms with Crippen LogP contribution in [-0.2, 0) is 4.79 Å². The van der Waals surface area contributed by atoms with Crippen molar-refractivity contribution in [2.24, 2.45) is 10.8 Å². The van der Waals surface area contributed by atoms with Crippen molar-refractivity contribution in [3.8, 4) is 11.5 Å². The van der Waals surface area contributed by atoms with Gasteiger partial charge in [-0.3, -0.25) is 10.2 Å². The molecule has 0 fully saturated rings. The molecule has 0 saturated heterocycles. The molecule has 4 N–H and O–H groups in total. The molecule has 27 heavy (non-hydrogen) atoms. The van der Waals surface area contributed by atoms with Crippen LogP contribution in [0.1, 0.15) is 5.56 Å². The van der Waals surface area contributed by atoms with Crippen LogP contribution < -0.4 is 25.9 Å². The molecule has 0 aliphatic heterocycles. The molecule has 0 aromatic heterocycles. The number of hydrogen-bond acceptors (Lipinski definition) is 5. The molecule has 0 spiro atoms. The number of benzene rings is 2. The number of nitrogens with zero attached hydrogens (tertiary/aromatic N) is 1. The number of anilines is 1. The van der Waals surface area contributed by atoms with Crippen LogP contribution in [0.15, 0.2) is 46.0 Å². The highest BCUT2D eigenvalue weighted by Crippen LogP contribution is 2.28. The number of halogens is 2. The summed E-state index contributed by atoms with van der Waals surface area (Å²) in [6.45, 7) is -0.194. The lowest BCUT2D eigenvalue weighted by molar-refractivity contribution is -0.118. The van der Waals surface area contributed by atoms with E-state index >= 15 is 0 Å². The Hall–Kier alpha value is -2.36.